The average molecular weight is 248 g/mol. The molecule has 0 amide bonds. The summed E-state index contributed by atoms with van der Waals surface area (Å²) in [5.74, 6) is 0. The van der Waals surface area contributed by atoms with Crippen molar-refractivity contribution in [2.75, 3.05) is 18.5 Å². The quantitative estimate of drug-likeness (QED) is 0.723. The van der Waals surface area contributed by atoms with Gasteiger partial charge in [0.25, 0.3) is 0 Å². The third kappa shape index (κ3) is 4.00. The molecule has 0 spiro atoms. The maximum Gasteiger partial charge on any atom is 0.0471 e. The van der Waals surface area contributed by atoms with Gasteiger partial charge in [0.15, 0.2) is 0 Å². The predicted octanol–water partition coefficient (Wildman–Crippen LogP) is 2.16. The highest BCUT2D eigenvalue weighted by atomic mass is 16.2. The number of rotatable bonds is 6. The monoisotopic (exact) mass is 248 g/mol. The lowest BCUT2D eigenvalue weighted by Crippen LogP contribution is -2.29. The number of nitrogens with one attached hydrogen (secondary N) is 2. The van der Waals surface area contributed by atoms with E-state index in [1.54, 1.807) is 0 Å². The van der Waals surface area contributed by atoms with Gasteiger partial charge in [0.05, 0.1) is 0 Å². The Hall–Kier alpha value is -1.06. The lowest BCUT2D eigenvalue weighted by molar-refractivity contribution is 0.299. The first-order valence-electron chi connectivity index (χ1n) is 6.97. The SMILES string of the molecule is CC(CC1CCCN1)Nc1ccc(CCO)cc1. The van der Waals surface area contributed by atoms with Crippen LogP contribution in [0.1, 0.15) is 31.7 Å². The molecule has 3 N–H and O–H groups in total. The third-order valence-electron chi connectivity index (χ3n) is 3.57. The standard InChI is InChI=1S/C15H24N2O/c1-12(11-15-3-2-9-16-15)17-14-6-4-13(5-7-14)8-10-18/h4-7,12,15-18H,2-3,8-11H2,1H3. The van der Waals surface area contributed by atoms with E-state index >= 15 is 0 Å². The molecule has 3 nitrogen and oxygen atoms in total. The fourth-order valence-corrected chi connectivity index (χ4v) is 2.62. The summed E-state index contributed by atoms with van der Waals surface area (Å²) in [6, 6.07) is 9.54. The molecule has 0 bridgehead atoms. The molecule has 0 aromatic heterocycles. The van der Waals surface area contributed by atoms with Crippen LogP contribution in [0.25, 0.3) is 0 Å². The summed E-state index contributed by atoms with van der Waals surface area (Å²) in [6.07, 6.45) is 4.54. The fourth-order valence-electron chi connectivity index (χ4n) is 2.62. The van der Waals surface area contributed by atoms with Gasteiger partial charge in [-0.1, -0.05) is 12.1 Å². The van der Waals surface area contributed by atoms with Crippen molar-refractivity contribution in [1.29, 1.82) is 0 Å². The van der Waals surface area contributed by atoms with Crippen molar-refractivity contribution in [2.24, 2.45) is 0 Å². The van der Waals surface area contributed by atoms with E-state index in [9.17, 15) is 0 Å². The zero-order valence-corrected chi connectivity index (χ0v) is 11.2. The van der Waals surface area contributed by atoms with Gasteiger partial charge in [0.1, 0.15) is 0 Å². The Labute approximate surface area is 110 Å². The maximum atomic E-state index is 8.87. The predicted molar refractivity (Wildman–Crippen MR) is 76.0 cm³/mol. The van der Waals surface area contributed by atoms with E-state index in [0.717, 1.165) is 6.42 Å². The zero-order chi connectivity index (χ0) is 12.8. The Morgan fingerprint density at radius 2 is 2.17 bits per heavy atom. The Kier molecular flexibility index (Phi) is 5.02. The van der Waals surface area contributed by atoms with Gasteiger partial charge in [-0.2, -0.15) is 0 Å². The van der Waals surface area contributed by atoms with Crippen molar-refractivity contribution in [3.8, 4) is 0 Å². The van der Waals surface area contributed by atoms with E-state index in [1.807, 2.05) is 0 Å². The minimum atomic E-state index is 0.219. The molecule has 1 aromatic rings. The smallest absolute Gasteiger partial charge is 0.0471 e. The molecule has 3 heteroatoms. The highest BCUT2D eigenvalue weighted by molar-refractivity contribution is 5.45. The minimum absolute atomic E-state index is 0.219. The van der Waals surface area contributed by atoms with Gasteiger partial charge < -0.3 is 15.7 Å². The third-order valence-corrected chi connectivity index (χ3v) is 3.57. The lowest BCUT2D eigenvalue weighted by atomic mass is 10.1. The first-order chi connectivity index (χ1) is 8.78. The van der Waals surface area contributed by atoms with Crippen molar-refractivity contribution in [2.45, 2.75) is 44.7 Å². The van der Waals surface area contributed by atoms with Gasteiger partial charge in [0.2, 0.25) is 0 Å². The number of aliphatic hydroxyl groups excluding tert-OH is 1. The second kappa shape index (κ2) is 6.76. The molecule has 2 unspecified atom stereocenters. The lowest BCUT2D eigenvalue weighted by Gasteiger charge is -2.19. The van der Waals surface area contributed by atoms with Crippen LogP contribution in [0.4, 0.5) is 5.69 Å². The molecule has 2 atom stereocenters. The molecule has 1 heterocycles. The summed E-state index contributed by atoms with van der Waals surface area (Å²) in [6.45, 7) is 3.63. The van der Waals surface area contributed by atoms with Crippen LogP contribution in [0.15, 0.2) is 24.3 Å². The van der Waals surface area contributed by atoms with Gasteiger partial charge in [-0.05, 0) is 56.8 Å². The summed E-state index contributed by atoms with van der Waals surface area (Å²) in [7, 11) is 0. The van der Waals surface area contributed by atoms with Gasteiger partial charge in [-0.25, -0.2) is 0 Å². The topological polar surface area (TPSA) is 44.3 Å². The van der Waals surface area contributed by atoms with Gasteiger partial charge >= 0.3 is 0 Å². The van der Waals surface area contributed by atoms with Crippen LogP contribution in [-0.2, 0) is 6.42 Å². The number of hydrogen-bond acceptors (Lipinski definition) is 3. The first kappa shape index (κ1) is 13.4. The van der Waals surface area contributed by atoms with Crippen molar-refractivity contribution in [3.05, 3.63) is 29.8 Å². The number of benzene rings is 1. The molecule has 18 heavy (non-hydrogen) atoms. The van der Waals surface area contributed by atoms with Crippen LogP contribution in [0.3, 0.4) is 0 Å². The molecule has 0 radical (unpaired) electrons. The number of anilines is 1. The molecule has 1 fully saturated rings. The molecule has 0 saturated carbocycles. The second-order valence-electron chi connectivity index (χ2n) is 5.24. The van der Waals surface area contributed by atoms with E-state index in [2.05, 4.69) is 41.8 Å². The Morgan fingerprint density at radius 3 is 2.78 bits per heavy atom. The highest BCUT2D eigenvalue weighted by Gasteiger charge is 2.16. The Morgan fingerprint density at radius 1 is 1.39 bits per heavy atom. The van der Waals surface area contributed by atoms with Gasteiger partial charge in [0, 0.05) is 24.4 Å². The summed E-state index contributed by atoms with van der Waals surface area (Å²) < 4.78 is 0. The minimum Gasteiger partial charge on any atom is -0.396 e. The molecule has 2 rings (SSSR count). The highest BCUT2D eigenvalue weighted by Crippen LogP contribution is 2.16. The summed E-state index contributed by atoms with van der Waals surface area (Å²) in [4.78, 5) is 0. The number of aliphatic hydroxyl groups is 1. The summed E-state index contributed by atoms with van der Waals surface area (Å²) >= 11 is 0. The molecular formula is C15H24N2O. The molecule has 0 aliphatic carbocycles. The first-order valence-corrected chi connectivity index (χ1v) is 6.97. The van der Waals surface area contributed by atoms with Crippen LogP contribution in [0.5, 0.6) is 0 Å². The molecule has 100 valence electrons. The maximum absolute atomic E-state index is 8.87. The van der Waals surface area contributed by atoms with Crippen molar-refractivity contribution >= 4 is 5.69 Å². The second-order valence-corrected chi connectivity index (χ2v) is 5.24. The fraction of sp³-hybridized carbons (Fsp3) is 0.600. The van der Waals surface area contributed by atoms with Crippen LogP contribution in [0, 0.1) is 0 Å². The molecule has 1 aromatic carbocycles. The van der Waals surface area contributed by atoms with E-state index in [1.165, 1.54) is 37.1 Å². The molecule has 1 aliphatic rings. The van der Waals surface area contributed by atoms with E-state index in [4.69, 9.17) is 5.11 Å². The Balaban J connectivity index is 1.80. The van der Waals surface area contributed by atoms with Crippen LogP contribution in [-0.4, -0.2) is 30.3 Å². The van der Waals surface area contributed by atoms with Gasteiger partial charge in [-0.3, -0.25) is 0 Å². The summed E-state index contributed by atoms with van der Waals surface area (Å²) in [5.41, 5.74) is 2.36. The molecule has 1 aliphatic heterocycles. The Bertz CT molecular complexity index is 344. The van der Waals surface area contributed by atoms with Crippen LogP contribution >= 0.6 is 0 Å². The van der Waals surface area contributed by atoms with Crippen LogP contribution < -0.4 is 10.6 Å². The van der Waals surface area contributed by atoms with E-state index in [-0.39, 0.29) is 6.61 Å². The van der Waals surface area contributed by atoms with Crippen molar-refractivity contribution in [1.82, 2.24) is 5.32 Å². The molecule has 1 saturated heterocycles. The van der Waals surface area contributed by atoms with E-state index in [0.29, 0.717) is 12.1 Å². The molecular weight excluding hydrogens is 224 g/mol. The van der Waals surface area contributed by atoms with E-state index < -0.39 is 0 Å². The largest absolute Gasteiger partial charge is 0.396 e. The van der Waals surface area contributed by atoms with Crippen molar-refractivity contribution in [3.63, 3.8) is 0 Å². The average Bonchev–Trinajstić information content (AvgIpc) is 2.84. The van der Waals surface area contributed by atoms with Crippen LogP contribution in [0.2, 0.25) is 0 Å². The summed E-state index contributed by atoms with van der Waals surface area (Å²) in [5, 5.41) is 15.9. The van der Waals surface area contributed by atoms with Crippen molar-refractivity contribution < 1.29 is 5.11 Å². The van der Waals surface area contributed by atoms with Gasteiger partial charge in [-0.15, -0.1) is 0 Å². The normalized spacial score (nSPS) is 20.9. The number of hydrogen-bond donors (Lipinski definition) is 3. The zero-order valence-electron chi connectivity index (χ0n) is 11.2.